The van der Waals surface area contributed by atoms with Crippen molar-refractivity contribution < 1.29 is 17.0 Å². The maximum atomic E-state index is 5.57. The molecule has 0 aliphatic carbocycles. The van der Waals surface area contributed by atoms with Crippen molar-refractivity contribution in [3.05, 3.63) is 30.3 Å². The van der Waals surface area contributed by atoms with Crippen LogP contribution in [-0.4, -0.2) is 16.3 Å². The van der Waals surface area contributed by atoms with Gasteiger partial charge in [-0.25, -0.2) is 0 Å². The first-order valence-electron chi connectivity index (χ1n) is 3.18. The molecule has 1 aromatic rings. The Morgan fingerprint density at radius 3 is 2.08 bits per heavy atom. The predicted molar refractivity (Wildman–Crippen MR) is 49.0 cm³/mol. The van der Waals surface area contributed by atoms with Crippen LogP contribution in [0.25, 0.3) is 0 Å². The smallest absolute Gasteiger partial charge is 0.346 e. The topological polar surface area (TPSA) is 3.01 Å². The van der Waals surface area contributed by atoms with E-state index >= 15 is 0 Å². The van der Waals surface area contributed by atoms with E-state index in [-0.39, 0.29) is 17.0 Å². The lowest BCUT2D eigenvalue weighted by Gasteiger charge is -1.93. The Bertz CT molecular complexity index is 265. The van der Waals surface area contributed by atoms with Gasteiger partial charge < -0.3 is 12.4 Å². The Labute approximate surface area is 88.0 Å². The summed E-state index contributed by atoms with van der Waals surface area (Å²) in [5.74, 6) is 0. The van der Waals surface area contributed by atoms with Crippen LogP contribution >= 0.6 is 23.2 Å². The van der Waals surface area contributed by atoms with Crippen molar-refractivity contribution in [3.63, 3.8) is 0 Å². The van der Waals surface area contributed by atoms with E-state index in [0.717, 1.165) is 5.69 Å². The molecule has 0 spiro atoms. The fourth-order valence-electron chi connectivity index (χ4n) is 0.749. The Morgan fingerprint density at radius 2 is 1.67 bits per heavy atom. The first-order chi connectivity index (χ1) is 5.22. The molecule has 0 unspecified atom stereocenters. The number of nitrogens with zero attached hydrogens (tertiary/aromatic N) is 1. The summed E-state index contributed by atoms with van der Waals surface area (Å²) in [6, 6.07) is 9.68. The van der Waals surface area contributed by atoms with E-state index in [1.165, 1.54) is 0 Å². The second-order valence-corrected chi connectivity index (χ2v) is 3.04. The first kappa shape index (κ1) is 11.8. The molecule has 0 aliphatic heterocycles. The summed E-state index contributed by atoms with van der Waals surface area (Å²) >= 11 is 11.1. The minimum absolute atomic E-state index is 0. The van der Waals surface area contributed by atoms with Gasteiger partial charge in [-0.15, -0.1) is 0 Å². The van der Waals surface area contributed by atoms with Gasteiger partial charge in [0.05, 0.1) is 0 Å². The molecule has 0 amide bonds. The van der Waals surface area contributed by atoms with E-state index in [9.17, 15) is 0 Å². The van der Waals surface area contributed by atoms with Crippen LogP contribution in [0.4, 0.5) is 5.69 Å². The normalized spacial score (nSPS) is 8.58. The highest BCUT2D eigenvalue weighted by Gasteiger charge is 2.05. The summed E-state index contributed by atoms with van der Waals surface area (Å²) in [7, 11) is 1.81. The monoisotopic (exact) mass is 223 g/mol. The standard InChI is InChI=1S/C8H8Cl2N.ClH/c1-11(8(9)10)7-5-3-2-4-6-7;/h2-6H,1H3;1H/q+1;/p-1. The van der Waals surface area contributed by atoms with Crippen LogP contribution in [-0.2, 0) is 0 Å². The molecular weight excluding hydrogens is 216 g/mol. The van der Waals surface area contributed by atoms with Gasteiger partial charge in [0.25, 0.3) is 0 Å². The number of rotatable bonds is 1. The summed E-state index contributed by atoms with van der Waals surface area (Å²) in [6.45, 7) is 0. The highest BCUT2D eigenvalue weighted by molar-refractivity contribution is 6.94. The maximum Gasteiger partial charge on any atom is 0.346 e. The van der Waals surface area contributed by atoms with Gasteiger partial charge in [0, 0.05) is 35.3 Å². The number of hydrogen-bond donors (Lipinski definition) is 0. The van der Waals surface area contributed by atoms with Gasteiger partial charge in [0.15, 0.2) is 0 Å². The molecule has 0 aromatic heterocycles. The van der Waals surface area contributed by atoms with Crippen LogP contribution in [0.5, 0.6) is 0 Å². The molecule has 12 heavy (non-hydrogen) atoms. The molecule has 0 aliphatic rings. The molecular formula is C8H8Cl3N. The van der Waals surface area contributed by atoms with Crippen molar-refractivity contribution in [1.82, 2.24) is 0 Å². The highest BCUT2D eigenvalue weighted by Crippen LogP contribution is 2.10. The van der Waals surface area contributed by atoms with E-state index in [0.29, 0.717) is 0 Å². The van der Waals surface area contributed by atoms with Gasteiger partial charge in [0.1, 0.15) is 7.05 Å². The zero-order valence-electron chi connectivity index (χ0n) is 6.47. The van der Waals surface area contributed by atoms with Gasteiger partial charge in [-0.05, 0) is 0 Å². The SMILES string of the molecule is C[N+](=C(Cl)Cl)c1ccccc1.[Cl-]. The lowest BCUT2D eigenvalue weighted by atomic mass is 10.3. The Balaban J connectivity index is 0.00000121. The lowest BCUT2D eigenvalue weighted by Crippen LogP contribution is -3.00. The van der Waals surface area contributed by atoms with Crippen LogP contribution < -0.4 is 12.4 Å². The van der Waals surface area contributed by atoms with E-state index in [4.69, 9.17) is 23.2 Å². The molecule has 0 heterocycles. The minimum atomic E-state index is 0. The summed E-state index contributed by atoms with van der Waals surface area (Å²) in [6.07, 6.45) is 0. The van der Waals surface area contributed by atoms with Gasteiger partial charge in [-0.3, -0.25) is 0 Å². The number of hydrogen-bond acceptors (Lipinski definition) is 0. The molecule has 0 fully saturated rings. The second kappa shape index (κ2) is 5.41. The Morgan fingerprint density at radius 1 is 1.17 bits per heavy atom. The van der Waals surface area contributed by atoms with E-state index < -0.39 is 0 Å². The molecule has 1 nitrogen and oxygen atoms in total. The van der Waals surface area contributed by atoms with E-state index in [1.54, 1.807) is 4.58 Å². The summed E-state index contributed by atoms with van der Waals surface area (Å²) in [5.41, 5.74) is 0.979. The molecule has 0 bridgehead atoms. The molecule has 0 N–H and O–H groups in total. The molecule has 0 saturated heterocycles. The van der Waals surface area contributed by atoms with Crippen molar-refractivity contribution >= 4 is 33.5 Å². The van der Waals surface area contributed by atoms with Gasteiger partial charge >= 0.3 is 4.63 Å². The molecule has 0 saturated carbocycles. The fourth-order valence-corrected chi connectivity index (χ4v) is 0.944. The van der Waals surface area contributed by atoms with Crippen LogP contribution in [0.1, 0.15) is 0 Å². The first-order valence-corrected chi connectivity index (χ1v) is 3.94. The van der Waals surface area contributed by atoms with Crippen LogP contribution in [0, 0.1) is 0 Å². The summed E-state index contributed by atoms with van der Waals surface area (Å²) in [5, 5.41) is 0. The van der Waals surface area contributed by atoms with Crippen molar-refractivity contribution in [1.29, 1.82) is 0 Å². The lowest BCUT2D eigenvalue weighted by molar-refractivity contribution is -0.399. The third-order valence-corrected chi connectivity index (χ3v) is 1.90. The minimum Gasteiger partial charge on any atom is -1.00 e. The predicted octanol–water partition coefficient (Wildman–Crippen LogP) is -0.202. The van der Waals surface area contributed by atoms with Crippen LogP contribution in [0.3, 0.4) is 0 Å². The van der Waals surface area contributed by atoms with Crippen molar-refractivity contribution in [2.45, 2.75) is 0 Å². The molecule has 1 aromatic carbocycles. The maximum absolute atomic E-state index is 5.57. The third-order valence-electron chi connectivity index (χ3n) is 1.40. The molecule has 66 valence electrons. The zero-order valence-corrected chi connectivity index (χ0v) is 8.74. The molecule has 1 rings (SSSR count). The zero-order chi connectivity index (χ0) is 8.27. The van der Waals surface area contributed by atoms with E-state index in [1.807, 2.05) is 37.4 Å². The molecule has 0 radical (unpaired) electrons. The Kier molecular flexibility index (Phi) is 5.31. The quantitative estimate of drug-likeness (QED) is 0.459. The van der Waals surface area contributed by atoms with E-state index in [2.05, 4.69) is 0 Å². The average molecular weight is 225 g/mol. The third kappa shape index (κ3) is 3.02. The van der Waals surface area contributed by atoms with Gasteiger partial charge in [0.2, 0.25) is 5.69 Å². The highest BCUT2D eigenvalue weighted by atomic mass is 35.5. The van der Waals surface area contributed by atoms with Crippen LogP contribution in [0.15, 0.2) is 30.3 Å². The second-order valence-electron chi connectivity index (χ2n) is 2.14. The molecule has 4 heteroatoms. The number of halogens is 3. The van der Waals surface area contributed by atoms with Crippen molar-refractivity contribution in [2.24, 2.45) is 0 Å². The molecule has 0 atom stereocenters. The number of benzene rings is 1. The van der Waals surface area contributed by atoms with Gasteiger partial charge in [-0.1, -0.05) is 18.2 Å². The number of para-hydroxylation sites is 1. The van der Waals surface area contributed by atoms with Crippen molar-refractivity contribution in [2.75, 3.05) is 7.05 Å². The average Bonchev–Trinajstić information content (AvgIpc) is 2.05. The summed E-state index contributed by atoms with van der Waals surface area (Å²) < 4.78 is 1.94. The van der Waals surface area contributed by atoms with Gasteiger partial charge in [-0.2, -0.15) is 4.58 Å². The van der Waals surface area contributed by atoms with Crippen LogP contribution in [0.2, 0.25) is 0 Å². The summed E-state index contributed by atoms with van der Waals surface area (Å²) in [4.78, 5) is 0. The largest absolute Gasteiger partial charge is 1.00 e. The Hall–Kier alpha value is -0.240. The van der Waals surface area contributed by atoms with Crippen molar-refractivity contribution in [3.8, 4) is 0 Å². The fraction of sp³-hybridized carbons (Fsp3) is 0.125.